The fourth-order valence-corrected chi connectivity index (χ4v) is 4.84. The summed E-state index contributed by atoms with van der Waals surface area (Å²) in [6.07, 6.45) is 8.80. The molecule has 1 atom stereocenters. The molecule has 0 aromatic heterocycles. The van der Waals surface area contributed by atoms with Gasteiger partial charge in [0.25, 0.3) is 0 Å². The monoisotopic (exact) mass is 327 g/mol. The first kappa shape index (κ1) is 15.7. The lowest BCUT2D eigenvalue weighted by atomic mass is 9.59. The molecule has 24 heavy (non-hydrogen) atoms. The Morgan fingerprint density at radius 1 is 1.04 bits per heavy atom. The van der Waals surface area contributed by atoms with Crippen molar-refractivity contribution in [3.8, 4) is 0 Å². The van der Waals surface area contributed by atoms with Gasteiger partial charge in [0, 0.05) is 18.2 Å². The second kappa shape index (κ2) is 5.91. The van der Waals surface area contributed by atoms with E-state index in [1.807, 2.05) is 24.3 Å². The third-order valence-electron chi connectivity index (χ3n) is 6.58. The first-order valence-corrected chi connectivity index (χ1v) is 9.20. The molecule has 1 aromatic rings. The highest BCUT2D eigenvalue weighted by atomic mass is 16.4. The third-order valence-corrected chi connectivity index (χ3v) is 6.58. The van der Waals surface area contributed by atoms with E-state index >= 15 is 0 Å². The molecule has 0 saturated heterocycles. The molecule has 2 fully saturated rings. The molecular weight excluding hydrogens is 302 g/mol. The fraction of sp³-hybridized carbons (Fsp3) is 0.600. The second-order valence-electron chi connectivity index (χ2n) is 7.94. The van der Waals surface area contributed by atoms with Crippen molar-refractivity contribution >= 4 is 17.6 Å². The van der Waals surface area contributed by atoms with Crippen LogP contribution < -0.4 is 4.90 Å². The minimum absolute atomic E-state index is 0.0665. The zero-order valence-electron chi connectivity index (χ0n) is 14.0. The van der Waals surface area contributed by atoms with Crippen LogP contribution in [0.4, 0.5) is 5.69 Å². The van der Waals surface area contributed by atoms with Gasteiger partial charge in [0.1, 0.15) is 0 Å². The number of nitrogens with zero attached hydrogens (tertiary/aromatic N) is 1. The van der Waals surface area contributed by atoms with Gasteiger partial charge in [0.2, 0.25) is 5.91 Å². The summed E-state index contributed by atoms with van der Waals surface area (Å²) in [5, 5.41) is 9.44. The van der Waals surface area contributed by atoms with Crippen molar-refractivity contribution in [1.82, 2.24) is 0 Å². The van der Waals surface area contributed by atoms with Crippen molar-refractivity contribution in [3.05, 3.63) is 29.8 Å². The van der Waals surface area contributed by atoms with Gasteiger partial charge in [-0.3, -0.25) is 9.59 Å². The van der Waals surface area contributed by atoms with Crippen LogP contribution in [-0.4, -0.2) is 23.5 Å². The van der Waals surface area contributed by atoms with Gasteiger partial charge in [0.05, 0.1) is 5.92 Å². The molecule has 2 aliphatic carbocycles. The number of fused-ring (bicyclic) bond motifs is 1. The third kappa shape index (κ3) is 2.62. The minimum Gasteiger partial charge on any atom is -0.481 e. The fourth-order valence-electron chi connectivity index (χ4n) is 4.84. The van der Waals surface area contributed by atoms with Crippen molar-refractivity contribution in [2.75, 3.05) is 11.4 Å². The van der Waals surface area contributed by atoms with Crippen LogP contribution in [0.5, 0.6) is 0 Å². The number of benzene rings is 1. The summed E-state index contributed by atoms with van der Waals surface area (Å²) in [6, 6.07) is 7.77. The Morgan fingerprint density at radius 2 is 1.75 bits per heavy atom. The number of para-hydroxylation sites is 1. The van der Waals surface area contributed by atoms with Gasteiger partial charge in [-0.1, -0.05) is 24.6 Å². The molecule has 1 aliphatic heterocycles. The summed E-state index contributed by atoms with van der Waals surface area (Å²) in [4.78, 5) is 26.4. The molecule has 4 rings (SSSR count). The van der Waals surface area contributed by atoms with Crippen LogP contribution in [0.3, 0.4) is 0 Å². The van der Waals surface area contributed by atoms with Gasteiger partial charge >= 0.3 is 5.97 Å². The van der Waals surface area contributed by atoms with E-state index in [4.69, 9.17) is 0 Å². The maximum atomic E-state index is 13.1. The zero-order chi connectivity index (χ0) is 16.7. The molecule has 3 aliphatic rings. The summed E-state index contributed by atoms with van der Waals surface area (Å²) in [5.41, 5.74) is 2.44. The van der Waals surface area contributed by atoms with Crippen LogP contribution in [0.25, 0.3) is 0 Å². The van der Waals surface area contributed by atoms with Crippen LogP contribution in [0.1, 0.15) is 50.5 Å². The maximum Gasteiger partial charge on any atom is 0.308 e. The number of aliphatic carboxylic acids is 1. The largest absolute Gasteiger partial charge is 0.481 e. The van der Waals surface area contributed by atoms with Crippen LogP contribution in [-0.2, 0) is 16.0 Å². The van der Waals surface area contributed by atoms with Crippen LogP contribution in [0.2, 0.25) is 0 Å². The molecule has 1 N–H and O–H groups in total. The quantitative estimate of drug-likeness (QED) is 0.902. The smallest absolute Gasteiger partial charge is 0.308 e. The summed E-state index contributed by atoms with van der Waals surface area (Å²) in [7, 11) is 0. The van der Waals surface area contributed by atoms with E-state index in [1.165, 1.54) is 32.1 Å². The number of carbonyl (C=O) groups excluding carboxylic acids is 1. The Bertz CT molecular complexity index is 655. The Hall–Kier alpha value is -1.84. The van der Waals surface area contributed by atoms with Gasteiger partial charge in [-0.2, -0.15) is 0 Å². The lowest BCUT2D eigenvalue weighted by molar-refractivity contribution is -0.141. The van der Waals surface area contributed by atoms with E-state index < -0.39 is 11.9 Å². The van der Waals surface area contributed by atoms with E-state index in [2.05, 4.69) is 0 Å². The van der Waals surface area contributed by atoms with Crippen molar-refractivity contribution in [2.24, 2.45) is 17.3 Å². The number of anilines is 1. The van der Waals surface area contributed by atoms with Gasteiger partial charge in [-0.25, -0.2) is 0 Å². The predicted octanol–water partition coefficient (Wildman–Crippen LogP) is 3.64. The highest BCUT2D eigenvalue weighted by Gasteiger charge is 2.43. The average Bonchev–Trinajstić information content (AvgIpc) is 2.59. The predicted molar refractivity (Wildman–Crippen MR) is 91.9 cm³/mol. The van der Waals surface area contributed by atoms with E-state index in [-0.39, 0.29) is 11.8 Å². The Labute approximate surface area is 142 Å². The highest BCUT2D eigenvalue weighted by Crippen LogP contribution is 2.53. The van der Waals surface area contributed by atoms with E-state index in [0.717, 1.165) is 24.1 Å². The lowest BCUT2D eigenvalue weighted by Gasteiger charge is -2.47. The molecule has 0 bridgehead atoms. The number of carbonyl (C=O) groups is 2. The number of rotatable bonds is 2. The van der Waals surface area contributed by atoms with Gasteiger partial charge in [-0.15, -0.1) is 0 Å². The van der Waals surface area contributed by atoms with Gasteiger partial charge < -0.3 is 10.0 Å². The zero-order valence-corrected chi connectivity index (χ0v) is 14.0. The van der Waals surface area contributed by atoms with E-state index in [0.29, 0.717) is 18.4 Å². The molecular formula is C20H25NO3. The normalized spacial score (nSPS) is 25.8. The highest BCUT2D eigenvalue weighted by molar-refractivity contribution is 5.97. The van der Waals surface area contributed by atoms with Crippen molar-refractivity contribution in [3.63, 3.8) is 0 Å². The first-order chi connectivity index (χ1) is 11.6. The average molecular weight is 327 g/mol. The molecule has 1 aromatic carbocycles. The van der Waals surface area contributed by atoms with E-state index in [9.17, 15) is 14.7 Å². The molecule has 1 amide bonds. The van der Waals surface area contributed by atoms with E-state index in [1.54, 1.807) is 4.90 Å². The number of carboxylic acids is 1. The molecule has 4 nitrogen and oxygen atoms in total. The SMILES string of the molecule is O=C(O)C1Cc2ccccc2N(C(=O)C2CCC3(CCC3)CC2)C1. The van der Waals surface area contributed by atoms with Gasteiger partial charge in [0.15, 0.2) is 0 Å². The number of carboxylic acid groups (broad SMARTS) is 1. The van der Waals surface area contributed by atoms with Crippen molar-refractivity contribution < 1.29 is 14.7 Å². The van der Waals surface area contributed by atoms with Crippen LogP contribution >= 0.6 is 0 Å². The number of hydrogen-bond acceptors (Lipinski definition) is 2. The van der Waals surface area contributed by atoms with Crippen molar-refractivity contribution in [1.29, 1.82) is 0 Å². The molecule has 1 heterocycles. The molecule has 4 heteroatoms. The first-order valence-electron chi connectivity index (χ1n) is 9.20. The summed E-state index contributed by atoms with van der Waals surface area (Å²) >= 11 is 0. The summed E-state index contributed by atoms with van der Waals surface area (Å²) in [6.45, 7) is 0.312. The second-order valence-corrected chi connectivity index (χ2v) is 7.94. The van der Waals surface area contributed by atoms with Crippen LogP contribution in [0.15, 0.2) is 24.3 Å². The summed E-state index contributed by atoms with van der Waals surface area (Å²) in [5.74, 6) is -1.09. The van der Waals surface area contributed by atoms with Crippen LogP contribution in [0, 0.1) is 17.3 Å². The Morgan fingerprint density at radius 3 is 2.38 bits per heavy atom. The Balaban J connectivity index is 1.53. The molecule has 1 spiro atoms. The molecule has 128 valence electrons. The Kier molecular flexibility index (Phi) is 3.86. The number of amides is 1. The molecule has 1 unspecified atom stereocenters. The topological polar surface area (TPSA) is 57.6 Å². The summed E-state index contributed by atoms with van der Waals surface area (Å²) < 4.78 is 0. The minimum atomic E-state index is -0.806. The van der Waals surface area contributed by atoms with Crippen molar-refractivity contribution in [2.45, 2.75) is 51.4 Å². The standard InChI is InChI=1S/C20H25NO3/c22-18(14-6-10-20(11-7-14)8-3-9-20)21-13-16(19(23)24)12-15-4-1-2-5-17(15)21/h1-2,4-5,14,16H,3,6-13H2,(H,23,24). The van der Waals surface area contributed by atoms with Gasteiger partial charge in [-0.05, 0) is 62.0 Å². The maximum absolute atomic E-state index is 13.1. The molecule has 2 saturated carbocycles. The lowest BCUT2D eigenvalue weighted by Crippen LogP contribution is -2.47. The molecule has 0 radical (unpaired) electrons. The number of hydrogen-bond donors (Lipinski definition) is 1.